The molecule has 0 spiro atoms. The molecule has 4 nitrogen and oxygen atoms in total. The van der Waals surface area contributed by atoms with Gasteiger partial charge in [-0.15, -0.1) is 0 Å². The maximum atomic E-state index is 12.0. The van der Waals surface area contributed by atoms with Gasteiger partial charge >= 0.3 is 0 Å². The van der Waals surface area contributed by atoms with E-state index in [1.165, 1.54) is 0 Å². The third-order valence-electron chi connectivity index (χ3n) is 3.82. The zero-order valence-corrected chi connectivity index (χ0v) is 12.1. The van der Waals surface area contributed by atoms with Crippen LogP contribution in [0.15, 0.2) is 0 Å². The Morgan fingerprint density at radius 1 is 1.44 bits per heavy atom. The van der Waals surface area contributed by atoms with E-state index in [9.17, 15) is 9.90 Å². The topological polar surface area (TPSA) is 49.8 Å². The van der Waals surface area contributed by atoms with Gasteiger partial charge in [-0.05, 0) is 24.2 Å². The van der Waals surface area contributed by atoms with Crippen LogP contribution in [-0.2, 0) is 9.53 Å². The molecular weight excluding hydrogens is 230 g/mol. The zero-order valence-electron chi connectivity index (χ0n) is 12.1. The van der Waals surface area contributed by atoms with Gasteiger partial charge < -0.3 is 14.7 Å². The number of methoxy groups -OCH3 is 1. The Bertz CT molecular complexity index is 273. The van der Waals surface area contributed by atoms with Crippen molar-refractivity contribution in [3.8, 4) is 0 Å². The van der Waals surface area contributed by atoms with Gasteiger partial charge in [0.1, 0.15) is 0 Å². The fourth-order valence-electron chi connectivity index (χ4n) is 2.60. The summed E-state index contributed by atoms with van der Waals surface area (Å²) in [5.74, 6) is 0.739. The van der Waals surface area contributed by atoms with E-state index in [4.69, 9.17) is 4.74 Å². The first-order chi connectivity index (χ1) is 8.34. The Morgan fingerprint density at radius 3 is 2.67 bits per heavy atom. The van der Waals surface area contributed by atoms with Crippen molar-refractivity contribution in [1.29, 1.82) is 0 Å². The van der Waals surface area contributed by atoms with Gasteiger partial charge in [-0.25, -0.2) is 0 Å². The number of hydrogen-bond donors (Lipinski definition) is 1. The number of carbonyl (C=O) groups is 1. The van der Waals surface area contributed by atoms with Gasteiger partial charge in [-0.2, -0.15) is 0 Å². The molecule has 4 heteroatoms. The first kappa shape index (κ1) is 15.4. The third-order valence-corrected chi connectivity index (χ3v) is 3.82. The molecule has 18 heavy (non-hydrogen) atoms. The lowest BCUT2D eigenvalue weighted by Gasteiger charge is -2.29. The van der Waals surface area contributed by atoms with Crippen LogP contribution in [0.4, 0.5) is 0 Å². The van der Waals surface area contributed by atoms with Crippen molar-refractivity contribution in [2.45, 2.75) is 46.1 Å². The summed E-state index contributed by atoms with van der Waals surface area (Å²) in [5, 5.41) is 9.72. The van der Waals surface area contributed by atoms with Crippen LogP contribution in [-0.4, -0.2) is 48.8 Å². The summed E-state index contributed by atoms with van der Waals surface area (Å²) < 4.78 is 4.90. The fourth-order valence-corrected chi connectivity index (χ4v) is 2.60. The van der Waals surface area contributed by atoms with Crippen LogP contribution < -0.4 is 0 Å². The Kier molecular flexibility index (Phi) is 5.60. The minimum Gasteiger partial charge on any atom is -0.389 e. The van der Waals surface area contributed by atoms with E-state index in [2.05, 4.69) is 20.8 Å². The molecule has 1 saturated heterocycles. The molecule has 2 unspecified atom stereocenters. The highest BCUT2D eigenvalue weighted by atomic mass is 16.5. The van der Waals surface area contributed by atoms with Gasteiger partial charge in [0.05, 0.1) is 12.7 Å². The average Bonchev–Trinajstić information content (AvgIpc) is 2.41. The van der Waals surface area contributed by atoms with E-state index < -0.39 is 6.10 Å². The highest BCUT2D eigenvalue weighted by molar-refractivity contribution is 5.76. The number of amides is 1. The summed E-state index contributed by atoms with van der Waals surface area (Å²) in [6, 6.07) is 0. The predicted molar refractivity (Wildman–Crippen MR) is 71.3 cm³/mol. The largest absolute Gasteiger partial charge is 0.389 e. The molecule has 0 aromatic carbocycles. The number of nitrogens with zero attached hydrogens (tertiary/aromatic N) is 1. The average molecular weight is 257 g/mol. The van der Waals surface area contributed by atoms with Crippen LogP contribution in [0.1, 0.15) is 40.0 Å². The monoisotopic (exact) mass is 257 g/mol. The number of aliphatic hydroxyl groups excluding tert-OH is 1. The van der Waals surface area contributed by atoms with Gasteiger partial charge in [-0.1, -0.05) is 20.8 Å². The molecular formula is C14H27NO3. The van der Waals surface area contributed by atoms with E-state index in [1.807, 2.05) is 0 Å². The van der Waals surface area contributed by atoms with Gasteiger partial charge in [0.25, 0.3) is 0 Å². The SMILES string of the molecule is COCC(O)CN1CCC(C(C)(C)C)CCC1=O. The molecule has 2 atom stereocenters. The highest BCUT2D eigenvalue weighted by Crippen LogP contribution is 2.34. The van der Waals surface area contributed by atoms with Crippen LogP contribution in [0.3, 0.4) is 0 Å². The molecule has 0 bridgehead atoms. The molecule has 0 aromatic heterocycles. The molecule has 1 aliphatic rings. The third kappa shape index (κ3) is 4.58. The standard InChI is InChI=1S/C14H27NO3/c1-14(2,3)11-5-6-13(17)15(8-7-11)9-12(16)10-18-4/h11-12,16H,5-10H2,1-4H3. The van der Waals surface area contributed by atoms with Gasteiger partial charge in [0, 0.05) is 26.6 Å². The highest BCUT2D eigenvalue weighted by Gasteiger charge is 2.30. The summed E-state index contributed by atoms with van der Waals surface area (Å²) in [4.78, 5) is 13.8. The number of aliphatic hydroxyl groups is 1. The van der Waals surface area contributed by atoms with Gasteiger partial charge in [0.2, 0.25) is 5.91 Å². The molecule has 1 fully saturated rings. The number of β-amino-alcohol motifs (C(OH)–C–C–N with tert-alkyl or cyclic N) is 1. The summed E-state index contributed by atoms with van der Waals surface area (Å²) >= 11 is 0. The molecule has 1 N–H and O–H groups in total. The minimum absolute atomic E-state index is 0.164. The van der Waals surface area contributed by atoms with E-state index in [-0.39, 0.29) is 17.9 Å². The van der Waals surface area contributed by atoms with Crippen molar-refractivity contribution in [2.24, 2.45) is 11.3 Å². The van der Waals surface area contributed by atoms with Crippen molar-refractivity contribution in [3.63, 3.8) is 0 Å². The molecule has 1 amide bonds. The lowest BCUT2D eigenvalue weighted by molar-refractivity contribution is -0.132. The fraction of sp³-hybridized carbons (Fsp3) is 0.929. The molecule has 0 saturated carbocycles. The Balaban J connectivity index is 2.54. The second-order valence-corrected chi connectivity index (χ2v) is 6.34. The predicted octanol–water partition coefficient (Wildman–Crippen LogP) is 1.67. The lowest BCUT2D eigenvalue weighted by Crippen LogP contribution is -2.38. The molecule has 0 aliphatic carbocycles. The molecule has 1 rings (SSSR count). The maximum absolute atomic E-state index is 12.0. The van der Waals surface area contributed by atoms with Crippen LogP contribution in [0.25, 0.3) is 0 Å². The van der Waals surface area contributed by atoms with Gasteiger partial charge in [0.15, 0.2) is 0 Å². The van der Waals surface area contributed by atoms with E-state index in [1.54, 1.807) is 12.0 Å². The maximum Gasteiger partial charge on any atom is 0.222 e. The zero-order chi connectivity index (χ0) is 13.8. The second-order valence-electron chi connectivity index (χ2n) is 6.34. The summed E-state index contributed by atoms with van der Waals surface area (Å²) in [6.07, 6.45) is 2.00. The van der Waals surface area contributed by atoms with Crippen LogP contribution >= 0.6 is 0 Å². The van der Waals surface area contributed by atoms with E-state index in [0.29, 0.717) is 18.9 Å². The number of ether oxygens (including phenoxy) is 1. The summed E-state index contributed by atoms with van der Waals surface area (Å²) in [6.45, 7) is 8.13. The van der Waals surface area contributed by atoms with Crippen LogP contribution in [0.2, 0.25) is 0 Å². The van der Waals surface area contributed by atoms with Crippen molar-refractivity contribution in [3.05, 3.63) is 0 Å². The number of likely N-dealkylation sites (tertiary alicyclic amines) is 1. The van der Waals surface area contributed by atoms with Crippen LogP contribution in [0, 0.1) is 11.3 Å². The Labute approximate surface area is 110 Å². The van der Waals surface area contributed by atoms with Crippen LogP contribution in [0.5, 0.6) is 0 Å². The molecule has 0 aromatic rings. The van der Waals surface area contributed by atoms with Gasteiger partial charge in [-0.3, -0.25) is 4.79 Å². The molecule has 0 radical (unpaired) electrons. The Hall–Kier alpha value is -0.610. The molecule has 1 heterocycles. The summed E-state index contributed by atoms with van der Waals surface area (Å²) in [5.41, 5.74) is 0.251. The van der Waals surface area contributed by atoms with Crippen molar-refractivity contribution < 1.29 is 14.6 Å². The smallest absolute Gasteiger partial charge is 0.222 e. The normalized spacial score (nSPS) is 23.9. The number of carbonyl (C=O) groups excluding carboxylic acids is 1. The number of rotatable bonds is 4. The first-order valence-corrected chi connectivity index (χ1v) is 6.79. The lowest BCUT2D eigenvalue weighted by atomic mass is 9.77. The molecule has 106 valence electrons. The second kappa shape index (κ2) is 6.53. The van der Waals surface area contributed by atoms with Crippen molar-refractivity contribution in [1.82, 2.24) is 4.90 Å². The van der Waals surface area contributed by atoms with E-state index >= 15 is 0 Å². The number of hydrogen-bond acceptors (Lipinski definition) is 3. The van der Waals surface area contributed by atoms with E-state index in [0.717, 1.165) is 19.4 Å². The van der Waals surface area contributed by atoms with Crippen molar-refractivity contribution in [2.75, 3.05) is 26.8 Å². The molecule has 1 aliphatic heterocycles. The first-order valence-electron chi connectivity index (χ1n) is 6.79. The quantitative estimate of drug-likeness (QED) is 0.833. The minimum atomic E-state index is -0.579. The Morgan fingerprint density at radius 2 is 2.11 bits per heavy atom. The van der Waals surface area contributed by atoms with Crippen molar-refractivity contribution >= 4 is 5.91 Å². The summed E-state index contributed by atoms with van der Waals surface area (Å²) in [7, 11) is 1.56.